The third-order valence-electron chi connectivity index (χ3n) is 3.29. The van der Waals surface area contributed by atoms with Crippen LogP contribution >= 0.6 is 27.5 Å². The maximum atomic E-state index is 12.0. The molecule has 1 aliphatic rings. The Labute approximate surface area is 118 Å². The van der Waals surface area contributed by atoms with Crippen molar-refractivity contribution in [3.05, 3.63) is 45.5 Å². The first-order chi connectivity index (χ1) is 8.63. The number of allylic oxidation sites excluding steroid dienone is 2. The summed E-state index contributed by atoms with van der Waals surface area (Å²) in [5, 5.41) is 1.77. The standard InChI is InChI=1S/C14H11BrClNO/c15-9-1-3-11(14(18)7-9)13-6-8-5-10(16)2-4-12(8)17-13/h2,4-7,11,17H,1,3H2. The highest BCUT2D eigenvalue weighted by Crippen LogP contribution is 2.33. The van der Waals surface area contributed by atoms with Gasteiger partial charge in [-0.05, 0) is 47.7 Å². The maximum absolute atomic E-state index is 12.0. The Kier molecular flexibility index (Phi) is 3.04. The lowest BCUT2D eigenvalue weighted by Crippen LogP contribution is -2.14. The van der Waals surface area contributed by atoms with E-state index < -0.39 is 0 Å². The summed E-state index contributed by atoms with van der Waals surface area (Å²) in [6.45, 7) is 0. The predicted octanol–water partition coefficient (Wildman–Crippen LogP) is 4.55. The number of fused-ring (bicyclic) bond motifs is 1. The van der Waals surface area contributed by atoms with Gasteiger partial charge in [-0.25, -0.2) is 0 Å². The number of carbonyl (C=O) groups excluding carboxylic acids is 1. The van der Waals surface area contributed by atoms with Crippen LogP contribution in [-0.2, 0) is 4.79 Å². The fraction of sp³-hybridized carbons (Fsp3) is 0.214. The van der Waals surface area contributed by atoms with Crippen molar-refractivity contribution in [1.82, 2.24) is 4.98 Å². The second-order valence-electron chi connectivity index (χ2n) is 4.54. The molecule has 4 heteroatoms. The monoisotopic (exact) mass is 323 g/mol. The number of ketones is 1. The highest BCUT2D eigenvalue weighted by Gasteiger charge is 2.24. The number of hydrogen-bond donors (Lipinski definition) is 1. The molecule has 0 saturated carbocycles. The van der Waals surface area contributed by atoms with E-state index in [0.29, 0.717) is 5.02 Å². The normalized spacial score (nSPS) is 20.2. The first-order valence-corrected chi connectivity index (χ1v) is 6.98. The van der Waals surface area contributed by atoms with Gasteiger partial charge in [-0.1, -0.05) is 27.5 Å². The molecular weight excluding hydrogens is 314 g/mol. The van der Waals surface area contributed by atoms with E-state index in [2.05, 4.69) is 20.9 Å². The first kappa shape index (κ1) is 12.0. The molecule has 0 aliphatic heterocycles. The number of rotatable bonds is 1. The van der Waals surface area contributed by atoms with E-state index in [1.807, 2.05) is 24.3 Å². The van der Waals surface area contributed by atoms with E-state index in [-0.39, 0.29) is 11.7 Å². The highest BCUT2D eigenvalue weighted by molar-refractivity contribution is 9.11. The number of nitrogens with one attached hydrogen (secondary N) is 1. The largest absolute Gasteiger partial charge is 0.358 e. The fourth-order valence-corrected chi connectivity index (χ4v) is 3.01. The van der Waals surface area contributed by atoms with E-state index in [4.69, 9.17) is 11.6 Å². The zero-order valence-electron chi connectivity index (χ0n) is 9.54. The van der Waals surface area contributed by atoms with Crippen molar-refractivity contribution in [2.75, 3.05) is 0 Å². The van der Waals surface area contributed by atoms with Crippen LogP contribution in [0.3, 0.4) is 0 Å². The molecule has 1 N–H and O–H groups in total. The van der Waals surface area contributed by atoms with Gasteiger partial charge >= 0.3 is 0 Å². The summed E-state index contributed by atoms with van der Waals surface area (Å²) in [4.78, 5) is 15.3. The molecule has 2 nitrogen and oxygen atoms in total. The summed E-state index contributed by atoms with van der Waals surface area (Å²) >= 11 is 9.35. The molecule has 3 rings (SSSR count). The molecule has 1 unspecified atom stereocenters. The lowest BCUT2D eigenvalue weighted by atomic mass is 9.90. The molecular formula is C14H11BrClNO. The number of aromatic nitrogens is 1. The molecule has 2 aromatic rings. The van der Waals surface area contributed by atoms with E-state index in [1.165, 1.54) is 0 Å². The van der Waals surface area contributed by atoms with Gasteiger partial charge in [-0.15, -0.1) is 0 Å². The Bertz CT molecular complexity index is 659. The topological polar surface area (TPSA) is 32.9 Å². The number of halogens is 2. The van der Waals surface area contributed by atoms with E-state index in [0.717, 1.165) is 33.9 Å². The molecule has 0 spiro atoms. The van der Waals surface area contributed by atoms with Crippen LogP contribution in [0, 0.1) is 0 Å². The van der Waals surface area contributed by atoms with Gasteiger partial charge < -0.3 is 4.98 Å². The Morgan fingerprint density at radius 1 is 1.33 bits per heavy atom. The van der Waals surface area contributed by atoms with Gasteiger partial charge in [-0.2, -0.15) is 0 Å². The van der Waals surface area contributed by atoms with E-state index >= 15 is 0 Å². The van der Waals surface area contributed by atoms with Crippen molar-refractivity contribution in [3.8, 4) is 0 Å². The minimum absolute atomic E-state index is 0.0579. The van der Waals surface area contributed by atoms with Crippen molar-refractivity contribution in [2.45, 2.75) is 18.8 Å². The number of hydrogen-bond acceptors (Lipinski definition) is 1. The summed E-state index contributed by atoms with van der Waals surface area (Å²) in [5.74, 6) is 0.100. The number of benzene rings is 1. The zero-order chi connectivity index (χ0) is 12.7. The van der Waals surface area contributed by atoms with Gasteiger partial charge in [0.05, 0.1) is 5.92 Å². The van der Waals surface area contributed by atoms with Gasteiger partial charge in [0, 0.05) is 21.6 Å². The molecule has 18 heavy (non-hydrogen) atoms. The maximum Gasteiger partial charge on any atom is 0.165 e. The van der Waals surface area contributed by atoms with Crippen molar-refractivity contribution in [3.63, 3.8) is 0 Å². The van der Waals surface area contributed by atoms with Crippen molar-refractivity contribution >= 4 is 44.2 Å². The zero-order valence-corrected chi connectivity index (χ0v) is 11.9. The Morgan fingerprint density at radius 2 is 2.17 bits per heavy atom. The molecule has 1 aromatic heterocycles. The van der Waals surface area contributed by atoms with Gasteiger partial charge in [0.1, 0.15) is 0 Å². The number of H-pyrrole nitrogens is 1. The second kappa shape index (κ2) is 4.56. The number of carbonyl (C=O) groups is 1. The molecule has 0 fully saturated rings. The molecule has 0 radical (unpaired) electrons. The summed E-state index contributed by atoms with van der Waals surface area (Å²) in [5.41, 5.74) is 2.00. The highest BCUT2D eigenvalue weighted by atomic mass is 79.9. The molecule has 0 bridgehead atoms. The Hall–Kier alpha value is -1.06. The van der Waals surface area contributed by atoms with Crippen LogP contribution in [0.15, 0.2) is 34.8 Å². The molecule has 0 amide bonds. The van der Waals surface area contributed by atoms with Crippen LogP contribution in [0.2, 0.25) is 5.02 Å². The molecule has 1 atom stereocenters. The third-order valence-corrected chi connectivity index (χ3v) is 4.15. The van der Waals surface area contributed by atoms with Gasteiger partial charge in [0.15, 0.2) is 5.78 Å². The first-order valence-electron chi connectivity index (χ1n) is 5.81. The lowest BCUT2D eigenvalue weighted by Gasteiger charge is -2.16. The minimum Gasteiger partial charge on any atom is -0.358 e. The fourth-order valence-electron chi connectivity index (χ4n) is 2.37. The summed E-state index contributed by atoms with van der Waals surface area (Å²) in [7, 11) is 0. The van der Waals surface area contributed by atoms with Crippen LogP contribution in [-0.4, -0.2) is 10.8 Å². The smallest absolute Gasteiger partial charge is 0.165 e. The van der Waals surface area contributed by atoms with Gasteiger partial charge in [0.2, 0.25) is 0 Å². The third kappa shape index (κ3) is 2.13. The molecule has 1 aliphatic carbocycles. The van der Waals surface area contributed by atoms with Crippen LogP contribution in [0.25, 0.3) is 10.9 Å². The average Bonchev–Trinajstić information content (AvgIpc) is 2.71. The van der Waals surface area contributed by atoms with Crippen molar-refractivity contribution in [2.24, 2.45) is 0 Å². The van der Waals surface area contributed by atoms with Gasteiger partial charge in [-0.3, -0.25) is 4.79 Å². The van der Waals surface area contributed by atoms with Crippen molar-refractivity contribution < 1.29 is 4.79 Å². The van der Waals surface area contributed by atoms with Gasteiger partial charge in [0.25, 0.3) is 0 Å². The van der Waals surface area contributed by atoms with Crippen LogP contribution in [0.1, 0.15) is 24.5 Å². The predicted molar refractivity (Wildman–Crippen MR) is 77.3 cm³/mol. The van der Waals surface area contributed by atoms with E-state index in [1.54, 1.807) is 6.08 Å². The molecule has 92 valence electrons. The quantitative estimate of drug-likeness (QED) is 0.820. The van der Waals surface area contributed by atoms with Crippen LogP contribution < -0.4 is 0 Å². The van der Waals surface area contributed by atoms with Crippen LogP contribution in [0.4, 0.5) is 0 Å². The molecule has 1 aromatic carbocycles. The van der Waals surface area contributed by atoms with Crippen molar-refractivity contribution in [1.29, 1.82) is 0 Å². The summed E-state index contributed by atoms with van der Waals surface area (Å²) in [6.07, 6.45) is 3.44. The summed E-state index contributed by atoms with van der Waals surface area (Å²) in [6, 6.07) is 7.73. The Balaban J connectivity index is 2.02. The number of aromatic amines is 1. The second-order valence-corrected chi connectivity index (χ2v) is 6.00. The van der Waals surface area contributed by atoms with E-state index in [9.17, 15) is 4.79 Å². The summed E-state index contributed by atoms with van der Waals surface area (Å²) < 4.78 is 0.989. The Morgan fingerprint density at radius 3 is 2.94 bits per heavy atom. The lowest BCUT2D eigenvalue weighted by molar-refractivity contribution is -0.116. The minimum atomic E-state index is -0.0579. The van der Waals surface area contributed by atoms with Crippen LogP contribution in [0.5, 0.6) is 0 Å². The molecule has 0 saturated heterocycles. The molecule has 1 heterocycles. The SMILES string of the molecule is O=C1C=C(Br)CCC1c1cc2cc(Cl)ccc2[nH]1. The average molecular weight is 325 g/mol.